The zero-order valence-corrected chi connectivity index (χ0v) is 20.0. The van der Waals surface area contributed by atoms with Gasteiger partial charge in [0, 0.05) is 53.9 Å². The molecule has 0 N–H and O–H groups in total. The summed E-state index contributed by atoms with van der Waals surface area (Å²) in [6.45, 7) is 3.12. The standard InChI is InChI=1S/C25H22Cl3FN2O2/c26-19-7-8-24(22(28)14-19)33-16-17-3-1-4-18(13-17)25(32)31-11-9-30(10-12-31)15-20-21(27)5-2-6-23(20)29/h1-8,13-14H,9-12,15-16H2. The number of amides is 1. The van der Waals surface area contributed by atoms with Crippen LogP contribution in [0.3, 0.4) is 0 Å². The third-order valence-corrected chi connectivity index (χ3v) is 6.45. The van der Waals surface area contributed by atoms with E-state index in [4.69, 9.17) is 39.5 Å². The number of rotatable bonds is 6. The van der Waals surface area contributed by atoms with Crippen molar-refractivity contribution in [1.29, 1.82) is 0 Å². The summed E-state index contributed by atoms with van der Waals surface area (Å²) in [5, 5.41) is 1.40. The second kappa shape index (κ2) is 10.7. The number of nitrogens with zero attached hydrogens (tertiary/aromatic N) is 2. The van der Waals surface area contributed by atoms with Crippen LogP contribution in [0.1, 0.15) is 21.5 Å². The summed E-state index contributed by atoms with van der Waals surface area (Å²) >= 11 is 18.2. The van der Waals surface area contributed by atoms with E-state index in [1.165, 1.54) is 6.07 Å². The molecule has 1 fully saturated rings. The molecule has 0 spiro atoms. The van der Waals surface area contributed by atoms with E-state index in [1.807, 2.05) is 23.1 Å². The van der Waals surface area contributed by atoms with Crippen LogP contribution in [0.2, 0.25) is 15.1 Å². The van der Waals surface area contributed by atoms with Crippen molar-refractivity contribution in [2.75, 3.05) is 26.2 Å². The van der Waals surface area contributed by atoms with Crippen molar-refractivity contribution in [3.8, 4) is 5.75 Å². The summed E-state index contributed by atoms with van der Waals surface area (Å²) in [4.78, 5) is 17.0. The van der Waals surface area contributed by atoms with Crippen LogP contribution in [-0.2, 0) is 13.2 Å². The molecule has 33 heavy (non-hydrogen) atoms. The van der Waals surface area contributed by atoms with Gasteiger partial charge in [0.15, 0.2) is 0 Å². The monoisotopic (exact) mass is 506 g/mol. The Hall–Kier alpha value is -2.31. The van der Waals surface area contributed by atoms with E-state index >= 15 is 0 Å². The highest BCUT2D eigenvalue weighted by Crippen LogP contribution is 2.28. The molecule has 0 radical (unpaired) electrons. The topological polar surface area (TPSA) is 32.8 Å². The van der Waals surface area contributed by atoms with Crippen LogP contribution in [0.15, 0.2) is 60.7 Å². The number of benzene rings is 3. The smallest absolute Gasteiger partial charge is 0.253 e. The first-order valence-electron chi connectivity index (χ1n) is 10.5. The van der Waals surface area contributed by atoms with Gasteiger partial charge < -0.3 is 9.64 Å². The van der Waals surface area contributed by atoms with E-state index in [2.05, 4.69) is 4.90 Å². The van der Waals surface area contributed by atoms with Crippen LogP contribution in [0.4, 0.5) is 4.39 Å². The SMILES string of the molecule is O=C(c1cccc(COc2ccc(Cl)cc2Cl)c1)N1CCN(Cc2c(F)cccc2Cl)CC1. The molecule has 8 heteroatoms. The summed E-state index contributed by atoms with van der Waals surface area (Å²) < 4.78 is 19.9. The summed E-state index contributed by atoms with van der Waals surface area (Å²) in [5.74, 6) is 0.189. The van der Waals surface area contributed by atoms with Crippen molar-refractivity contribution in [3.63, 3.8) is 0 Å². The molecule has 0 aliphatic carbocycles. The lowest BCUT2D eigenvalue weighted by Gasteiger charge is -2.35. The van der Waals surface area contributed by atoms with Crippen LogP contribution in [0, 0.1) is 5.82 Å². The molecule has 0 unspecified atom stereocenters. The summed E-state index contributed by atoms with van der Waals surface area (Å²) in [7, 11) is 0. The minimum atomic E-state index is -0.306. The summed E-state index contributed by atoms with van der Waals surface area (Å²) in [5.41, 5.74) is 1.95. The molecule has 0 atom stereocenters. The highest BCUT2D eigenvalue weighted by atomic mass is 35.5. The minimum Gasteiger partial charge on any atom is -0.487 e. The predicted molar refractivity (Wildman–Crippen MR) is 130 cm³/mol. The number of piperazine rings is 1. The number of hydrogen-bond donors (Lipinski definition) is 0. The van der Waals surface area contributed by atoms with Crippen molar-refractivity contribution in [2.24, 2.45) is 0 Å². The van der Waals surface area contributed by atoms with E-state index in [9.17, 15) is 9.18 Å². The van der Waals surface area contributed by atoms with Crippen molar-refractivity contribution in [1.82, 2.24) is 9.80 Å². The van der Waals surface area contributed by atoms with Gasteiger partial charge >= 0.3 is 0 Å². The Labute approximate surface area is 207 Å². The maximum atomic E-state index is 14.1. The maximum Gasteiger partial charge on any atom is 0.253 e. The van der Waals surface area contributed by atoms with Crippen molar-refractivity contribution >= 4 is 40.7 Å². The van der Waals surface area contributed by atoms with Gasteiger partial charge in [-0.1, -0.05) is 53.0 Å². The van der Waals surface area contributed by atoms with E-state index in [0.717, 1.165) is 5.56 Å². The van der Waals surface area contributed by atoms with Crippen molar-refractivity contribution < 1.29 is 13.9 Å². The fourth-order valence-electron chi connectivity index (χ4n) is 3.75. The first-order chi connectivity index (χ1) is 15.9. The van der Waals surface area contributed by atoms with E-state index < -0.39 is 0 Å². The van der Waals surface area contributed by atoms with Crippen molar-refractivity contribution in [2.45, 2.75) is 13.2 Å². The molecule has 0 saturated carbocycles. The molecule has 1 saturated heterocycles. The van der Waals surface area contributed by atoms with Gasteiger partial charge in [-0.25, -0.2) is 4.39 Å². The minimum absolute atomic E-state index is 0.0371. The number of carbonyl (C=O) groups is 1. The lowest BCUT2D eigenvalue weighted by Crippen LogP contribution is -2.48. The van der Waals surface area contributed by atoms with Crippen LogP contribution in [-0.4, -0.2) is 41.9 Å². The second-order valence-electron chi connectivity index (χ2n) is 7.83. The lowest BCUT2D eigenvalue weighted by molar-refractivity contribution is 0.0627. The normalized spacial score (nSPS) is 14.4. The molecule has 0 bridgehead atoms. The average molecular weight is 508 g/mol. The predicted octanol–water partition coefficient (Wildman–Crippen LogP) is 6.32. The van der Waals surface area contributed by atoms with Gasteiger partial charge in [-0.05, 0) is 48.0 Å². The first kappa shape index (κ1) is 23.8. The Morgan fingerprint density at radius 1 is 0.909 bits per heavy atom. The molecule has 1 aliphatic rings. The first-order valence-corrected chi connectivity index (χ1v) is 11.7. The zero-order valence-electron chi connectivity index (χ0n) is 17.7. The van der Waals surface area contributed by atoms with Crippen LogP contribution >= 0.6 is 34.8 Å². The Morgan fingerprint density at radius 2 is 1.67 bits per heavy atom. The van der Waals surface area contributed by atoms with E-state index in [0.29, 0.717) is 64.7 Å². The molecule has 3 aromatic rings. The number of hydrogen-bond acceptors (Lipinski definition) is 3. The molecule has 0 aromatic heterocycles. The van der Waals surface area contributed by atoms with E-state index in [-0.39, 0.29) is 18.3 Å². The fourth-order valence-corrected chi connectivity index (χ4v) is 4.43. The Kier molecular flexibility index (Phi) is 7.76. The number of ether oxygens (including phenoxy) is 1. The molecular weight excluding hydrogens is 486 g/mol. The van der Waals surface area contributed by atoms with Gasteiger partial charge in [0.2, 0.25) is 0 Å². The Balaban J connectivity index is 1.34. The van der Waals surface area contributed by atoms with E-state index in [1.54, 1.807) is 36.4 Å². The van der Waals surface area contributed by atoms with Crippen molar-refractivity contribution in [3.05, 3.63) is 98.2 Å². The maximum absolute atomic E-state index is 14.1. The molecule has 1 heterocycles. The molecule has 4 nitrogen and oxygen atoms in total. The molecule has 172 valence electrons. The highest BCUT2D eigenvalue weighted by Gasteiger charge is 2.23. The average Bonchev–Trinajstić information content (AvgIpc) is 2.81. The summed E-state index contributed by atoms with van der Waals surface area (Å²) in [6, 6.07) is 17.1. The van der Waals surface area contributed by atoms with Crippen LogP contribution < -0.4 is 4.74 Å². The number of halogens is 4. The highest BCUT2D eigenvalue weighted by molar-refractivity contribution is 6.35. The molecule has 3 aromatic carbocycles. The van der Waals surface area contributed by atoms with Gasteiger partial charge in [0.1, 0.15) is 18.2 Å². The van der Waals surface area contributed by atoms with Gasteiger partial charge in [-0.3, -0.25) is 9.69 Å². The van der Waals surface area contributed by atoms with Gasteiger partial charge in [0.25, 0.3) is 5.91 Å². The van der Waals surface area contributed by atoms with Gasteiger partial charge in [0.05, 0.1) is 5.02 Å². The molecular formula is C25H22Cl3FN2O2. The largest absolute Gasteiger partial charge is 0.487 e. The second-order valence-corrected chi connectivity index (χ2v) is 9.08. The van der Waals surface area contributed by atoms with Crippen LogP contribution in [0.25, 0.3) is 0 Å². The van der Waals surface area contributed by atoms with Gasteiger partial charge in [-0.2, -0.15) is 0 Å². The van der Waals surface area contributed by atoms with Crippen LogP contribution in [0.5, 0.6) is 5.75 Å². The molecule has 1 amide bonds. The number of carbonyl (C=O) groups excluding carboxylic acids is 1. The lowest BCUT2D eigenvalue weighted by atomic mass is 10.1. The fraction of sp³-hybridized carbons (Fsp3) is 0.240. The molecule has 1 aliphatic heterocycles. The summed E-state index contributed by atoms with van der Waals surface area (Å²) in [6.07, 6.45) is 0. The zero-order chi connectivity index (χ0) is 23.4. The third kappa shape index (κ3) is 5.98. The Morgan fingerprint density at radius 3 is 2.39 bits per heavy atom. The van der Waals surface area contributed by atoms with Gasteiger partial charge in [-0.15, -0.1) is 0 Å². The molecule has 4 rings (SSSR count). The quantitative estimate of drug-likeness (QED) is 0.391. The third-order valence-electron chi connectivity index (χ3n) is 5.57. The Bertz CT molecular complexity index is 1130.